The third-order valence-electron chi connectivity index (χ3n) is 2.39. The predicted octanol–water partition coefficient (Wildman–Crippen LogP) is 2.87. The Morgan fingerprint density at radius 3 is 2.53 bits per heavy atom. The molecule has 1 aromatic heterocycles. The Balaban J connectivity index is 2.63. The van der Waals surface area contributed by atoms with Crippen molar-refractivity contribution < 1.29 is 4.79 Å². The first-order valence-electron chi connectivity index (χ1n) is 4.79. The maximum Gasteiger partial charge on any atom is 0.152 e. The number of hydrogen-bond acceptors (Lipinski definition) is 2. The van der Waals surface area contributed by atoms with Gasteiger partial charge in [-0.05, 0) is 24.1 Å². The molecule has 0 saturated carbocycles. The van der Waals surface area contributed by atoms with Gasteiger partial charge in [0.1, 0.15) is 0 Å². The Morgan fingerprint density at radius 2 is 1.87 bits per heavy atom. The molecule has 0 spiro atoms. The number of aromatic nitrogens is 1. The van der Waals surface area contributed by atoms with E-state index in [-0.39, 0.29) is 0 Å². The number of carbonyl (C=O) groups is 1. The number of hydrogen-bond donors (Lipinski definition) is 0. The first kappa shape index (κ1) is 9.59. The van der Waals surface area contributed by atoms with E-state index in [1.165, 1.54) is 0 Å². The molecular weight excluding hydrogens is 186 g/mol. The number of aldehydes is 1. The van der Waals surface area contributed by atoms with Gasteiger partial charge in [0.05, 0.1) is 0 Å². The van der Waals surface area contributed by atoms with Gasteiger partial charge in [-0.3, -0.25) is 9.78 Å². The van der Waals surface area contributed by atoms with E-state index in [4.69, 9.17) is 0 Å². The topological polar surface area (TPSA) is 30.0 Å². The molecule has 2 aromatic rings. The van der Waals surface area contributed by atoms with Crippen LogP contribution in [0.4, 0.5) is 0 Å². The van der Waals surface area contributed by atoms with Crippen LogP contribution in [-0.4, -0.2) is 11.3 Å². The van der Waals surface area contributed by atoms with Crippen molar-refractivity contribution in [2.45, 2.75) is 6.92 Å². The van der Waals surface area contributed by atoms with Crippen molar-refractivity contribution in [3.8, 4) is 11.1 Å². The van der Waals surface area contributed by atoms with Gasteiger partial charge in [0.15, 0.2) is 6.29 Å². The van der Waals surface area contributed by atoms with Gasteiger partial charge in [-0.2, -0.15) is 0 Å². The molecule has 0 aliphatic carbocycles. The molecule has 2 rings (SSSR count). The van der Waals surface area contributed by atoms with Crippen LogP contribution in [0.3, 0.4) is 0 Å². The van der Waals surface area contributed by atoms with Crippen molar-refractivity contribution in [3.05, 3.63) is 53.9 Å². The number of carbonyl (C=O) groups excluding carboxylic acids is 1. The molecule has 1 heterocycles. The molecule has 0 amide bonds. The van der Waals surface area contributed by atoms with Crippen LogP contribution in [0.2, 0.25) is 0 Å². The highest BCUT2D eigenvalue weighted by Gasteiger charge is 2.06. The highest BCUT2D eigenvalue weighted by molar-refractivity contribution is 5.88. The molecule has 1 aromatic carbocycles. The molecule has 0 unspecified atom stereocenters. The van der Waals surface area contributed by atoms with Crippen LogP contribution in [0.5, 0.6) is 0 Å². The van der Waals surface area contributed by atoms with Crippen LogP contribution >= 0.6 is 0 Å². The smallest absolute Gasteiger partial charge is 0.152 e. The van der Waals surface area contributed by atoms with Crippen molar-refractivity contribution in [3.63, 3.8) is 0 Å². The zero-order valence-electron chi connectivity index (χ0n) is 8.47. The van der Waals surface area contributed by atoms with E-state index in [0.29, 0.717) is 5.56 Å². The lowest BCUT2D eigenvalue weighted by atomic mass is 10.0. The fraction of sp³-hybridized carbons (Fsp3) is 0.0769. The van der Waals surface area contributed by atoms with Gasteiger partial charge in [-0.1, -0.05) is 30.3 Å². The minimum absolute atomic E-state index is 0.670. The van der Waals surface area contributed by atoms with Crippen molar-refractivity contribution in [1.29, 1.82) is 0 Å². The fourth-order valence-electron chi connectivity index (χ4n) is 1.60. The van der Waals surface area contributed by atoms with Crippen molar-refractivity contribution in [2.75, 3.05) is 0 Å². The Kier molecular flexibility index (Phi) is 2.59. The number of nitrogens with zero attached hydrogens (tertiary/aromatic N) is 1. The van der Waals surface area contributed by atoms with Gasteiger partial charge in [0, 0.05) is 17.5 Å². The van der Waals surface area contributed by atoms with Gasteiger partial charge in [0.2, 0.25) is 0 Å². The highest BCUT2D eigenvalue weighted by atomic mass is 16.1. The van der Waals surface area contributed by atoms with Gasteiger partial charge in [-0.15, -0.1) is 0 Å². The lowest BCUT2D eigenvalue weighted by Crippen LogP contribution is -1.94. The summed E-state index contributed by atoms with van der Waals surface area (Å²) in [6.45, 7) is 1.84. The first-order valence-corrected chi connectivity index (χ1v) is 4.79. The molecule has 2 heteroatoms. The SMILES string of the molecule is Cc1nccc(-c2ccccc2)c1C=O. The summed E-state index contributed by atoms with van der Waals surface area (Å²) in [7, 11) is 0. The molecule has 0 radical (unpaired) electrons. The van der Waals surface area contributed by atoms with Crippen LogP contribution in [0.15, 0.2) is 42.6 Å². The van der Waals surface area contributed by atoms with Crippen LogP contribution < -0.4 is 0 Å². The maximum absolute atomic E-state index is 11.0. The van der Waals surface area contributed by atoms with E-state index in [9.17, 15) is 4.79 Å². The Hall–Kier alpha value is -1.96. The van der Waals surface area contributed by atoms with E-state index < -0.39 is 0 Å². The Morgan fingerprint density at radius 1 is 1.13 bits per heavy atom. The molecule has 0 aliphatic heterocycles. The number of rotatable bonds is 2. The minimum Gasteiger partial charge on any atom is -0.298 e. The Bertz CT molecular complexity index is 477. The molecule has 0 aliphatic rings. The second-order valence-corrected chi connectivity index (χ2v) is 3.34. The summed E-state index contributed by atoms with van der Waals surface area (Å²) in [5, 5.41) is 0. The summed E-state index contributed by atoms with van der Waals surface area (Å²) in [6, 6.07) is 11.7. The van der Waals surface area contributed by atoms with Gasteiger partial charge < -0.3 is 0 Å². The van der Waals surface area contributed by atoms with Crippen LogP contribution in [0, 0.1) is 6.92 Å². The highest BCUT2D eigenvalue weighted by Crippen LogP contribution is 2.23. The molecule has 0 fully saturated rings. The second kappa shape index (κ2) is 4.05. The number of pyridine rings is 1. The Labute approximate surface area is 88.6 Å². The molecule has 74 valence electrons. The molecule has 15 heavy (non-hydrogen) atoms. The summed E-state index contributed by atoms with van der Waals surface area (Å²) >= 11 is 0. The van der Waals surface area contributed by atoms with Crippen LogP contribution in [0.25, 0.3) is 11.1 Å². The van der Waals surface area contributed by atoms with Gasteiger partial charge in [0.25, 0.3) is 0 Å². The molecule has 0 bridgehead atoms. The zero-order valence-corrected chi connectivity index (χ0v) is 8.47. The van der Waals surface area contributed by atoms with Crippen molar-refractivity contribution in [1.82, 2.24) is 4.98 Å². The number of aryl methyl sites for hydroxylation is 1. The zero-order chi connectivity index (χ0) is 10.7. The minimum atomic E-state index is 0.670. The average molecular weight is 197 g/mol. The summed E-state index contributed by atoms with van der Waals surface area (Å²) < 4.78 is 0. The predicted molar refractivity (Wildman–Crippen MR) is 59.8 cm³/mol. The average Bonchev–Trinajstić information content (AvgIpc) is 2.30. The molecular formula is C13H11NO. The van der Waals surface area contributed by atoms with Crippen molar-refractivity contribution >= 4 is 6.29 Å². The van der Waals surface area contributed by atoms with Gasteiger partial charge >= 0.3 is 0 Å². The summed E-state index contributed by atoms with van der Waals surface area (Å²) in [5.74, 6) is 0. The van der Waals surface area contributed by atoms with E-state index >= 15 is 0 Å². The maximum atomic E-state index is 11.0. The molecule has 2 nitrogen and oxygen atoms in total. The fourth-order valence-corrected chi connectivity index (χ4v) is 1.60. The second-order valence-electron chi connectivity index (χ2n) is 3.34. The largest absolute Gasteiger partial charge is 0.298 e. The van der Waals surface area contributed by atoms with Gasteiger partial charge in [-0.25, -0.2) is 0 Å². The van der Waals surface area contributed by atoms with E-state index in [1.807, 2.05) is 43.3 Å². The molecule has 0 N–H and O–H groups in total. The van der Waals surface area contributed by atoms with Crippen LogP contribution in [0.1, 0.15) is 16.1 Å². The standard InChI is InChI=1S/C13H11NO/c1-10-13(9-15)12(7-8-14-10)11-5-3-2-4-6-11/h2-9H,1H3. The molecule has 0 saturated heterocycles. The number of benzene rings is 1. The third kappa shape index (κ3) is 1.79. The first-order chi connectivity index (χ1) is 7.33. The summed E-state index contributed by atoms with van der Waals surface area (Å²) in [5.41, 5.74) is 3.43. The van der Waals surface area contributed by atoms with E-state index in [1.54, 1.807) is 6.20 Å². The monoisotopic (exact) mass is 197 g/mol. The summed E-state index contributed by atoms with van der Waals surface area (Å²) in [4.78, 5) is 15.1. The van der Waals surface area contributed by atoms with Crippen LogP contribution in [-0.2, 0) is 0 Å². The normalized spacial score (nSPS) is 9.93. The molecule has 0 atom stereocenters. The van der Waals surface area contributed by atoms with Crippen molar-refractivity contribution in [2.24, 2.45) is 0 Å². The lowest BCUT2D eigenvalue weighted by Gasteiger charge is -2.06. The summed E-state index contributed by atoms with van der Waals surface area (Å²) in [6.07, 6.45) is 2.59. The van der Waals surface area contributed by atoms with E-state index in [0.717, 1.165) is 23.1 Å². The van der Waals surface area contributed by atoms with E-state index in [2.05, 4.69) is 4.98 Å². The quantitative estimate of drug-likeness (QED) is 0.693. The lowest BCUT2D eigenvalue weighted by molar-refractivity contribution is 0.112. The third-order valence-corrected chi connectivity index (χ3v) is 2.39.